The van der Waals surface area contributed by atoms with Gasteiger partial charge in [-0.25, -0.2) is 4.39 Å². The standard InChI is InChI=1S/C12H16FNO3/c1-3-17-12(15)7-10(14)8-4-5-11(16-2)9(13)6-8/h4-6,10H,3,7,14H2,1-2H3/t10-/m0/s1. The second-order valence-corrected chi connectivity index (χ2v) is 3.51. The van der Waals surface area contributed by atoms with Crippen LogP contribution in [0, 0.1) is 5.82 Å². The average Bonchev–Trinajstić information content (AvgIpc) is 2.29. The summed E-state index contributed by atoms with van der Waals surface area (Å²) >= 11 is 0. The quantitative estimate of drug-likeness (QED) is 0.798. The largest absolute Gasteiger partial charge is 0.494 e. The number of nitrogens with two attached hydrogens (primary N) is 1. The first kappa shape index (κ1) is 13.4. The maximum atomic E-state index is 13.4. The van der Waals surface area contributed by atoms with E-state index in [1.165, 1.54) is 19.2 Å². The summed E-state index contributed by atoms with van der Waals surface area (Å²) in [5.74, 6) is -0.738. The summed E-state index contributed by atoms with van der Waals surface area (Å²) in [7, 11) is 1.39. The van der Waals surface area contributed by atoms with Gasteiger partial charge < -0.3 is 15.2 Å². The van der Waals surface area contributed by atoms with Crippen molar-refractivity contribution < 1.29 is 18.7 Å². The first-order valence-electron chi connectivity index (χ1n) is 5.33. The lowest BCUT2D eigenvalue weighted by Gasteiger charge is -2.12. The van der Waals surface area contributed by atoms with E-state index in [4.69, 9.17) is 15.2 Å². The van der Waals surface area contributed by atoms with Crippen molar-refractivity contribution in [2.45, 2.75) is 19.4 Å². The van der Waals surface area contributed by atoms with Gasteiger partial charge in [0.2, 0.25) is 0 Å². The molecule has 0 fully saturated rings. The molecular formula is C12H16FNO3. The molecule has 0 heterocycles. The molecule has 0 aromatic heterocycles. The van der Waals surface area contributed by atoms with Crippen LogP contribution in [-0.4, -0.2) is 19.7 Å². The van der Waals surface area contributed by atoms with E-state index < -0.39 is 17.8 Å². The summed E-state index contributed by atoms with van der Waals surface area (Å²) in [6.45, 7) is 2.03. The van der Waals surface area contributed by atoms with Crippen molar-refractivity contribution in [3.05, 3.63) is 29.6 Å². The Bertz CT molecular complexity index is 395. The van der Waals surface area contributed by atoms with Crippen molar-refractivity contribution >= 4 is 5.97 Å². The minimum Gasteiger partial charge on any atom is -0.494 e. The Kier molecular flexibility index (Phi) is 4.90. The van der Waals surface area contributed by atoms with Crippen LogP contribution >= 0.6 is 0 Å². The number of rotatable bonds is 5. The molecule has 0 aliphatic rings. The fourth-order valence-electron chi connectivity index (χ4n) is 1.43. The molecule has 17 heavy (non-hydrogen) atoms. The monoisotopic (exact) mass is 241 g/mol. The molecule has 0 aliphatic heterocycles. The van der Waals surface area contributed by atoms with E-state index in [2.05, 4.69) is 0 Å². The molecule has 0 unspecified atom stereocenters. The molecule has 1 rings (SSSR count). The van der Waals surface area contributed by atoms with Crippen molar-refractivity contribution in [1.29, 1.82) is 0 Å². The molecule has 94 valence electrons. The lowest BCUT2D eigenvalue weighted by Crippen LogP contribution is -2.17. The summed E-state index contributed by atoms with van der Waals surface area (Å²) in [6.07, 6.45) is 0.0274. The van der Waals surface area contributed by atoms with Crippen LogP contribution in [0.5, 0.6) is 5.75 Å². The van der Waals surface area contributed by atoms with E-state index in [1.807, 2.05) is 0 Å². The minimum absolute atomic E-state index is 0.0274. The van der Waals surface area contributed by atoms with Gasteiger partial charge in [0.25, 0.3) is 0 Å². The molecule has 1 aromatic rings. The Morgan fingerprint density at radius 3 is 2.76 bits per heavy atom. The molecule has 1 atom stereocenters. The predicted molar refractivity (Wildman–Crippen MR) is 61.1 cm³/mol. The molecule has 0 aliphatic carbocycles. The van der Waals surface area contributed by atoms with Crippen LogP contribution in [0.4, 0.5) is 4.39 Å². The molecule has 0 radical (unpaired) electrons. The van der Waals surface area contributed by atoms with Crippen molar-refractivity contribution in [3.63, 3.8) is 0 Å². The van der Waals surface area contributed by atoms with Gasteiger partial charge >= 0.3 is 5.97 Å². The highest BCUT2D eigenvalue weighted by molar-refractivity contribution is 5.70. The summed E-state index contributed by atoms with van der Waals surface area (Å²) in [5, 5.41) is 0. The van der Waals surface area contributed by atoms with Crippen molar-refractivity contribution in [2.24, 2.45) is 5.73 Å². The van der Waals surface area contributed by atoms with Gasteiger partial charge in [-0.3, -0.25) is 4.79 Å². The van der Waals surface area contributed by atoms with Gasteiger partial charge in [-0.2, -0.15) is 0 Å². The molecular weight excluding hydrogens is 225 g/mol. The summed E-state index contributed by atoms with van der Waals surface area (Å²) in [4.78, 5) is 11.2. The van der Waals surface area contributed by atoms with E-state index in [-0.39, 0.29) is 12.2 Å². The molecule has 0 amide bonds. The number of hydrogen-bond donors (Lipinski definition) is 1. The molecule has 0 bridgehead atoms. The number of esters is 1. The second kappa shape index (κ2) is 6.20. The van der Waals surface area contributed by atoms with Crippen molar-refractivity contribution in [3.8, 4) is 5.75 Å². The van der Waals surface area contributed by atoms with Crippen LogP contribution in [0.2, 0.25) is 0 Å². The fourth-order valence-corrected chi connectivity index (χ4v) is 1.43. The van der Waals surface area contributed by atoms with Crippen LogP contribution in [0.1, 0.15) is 24.9 Å². The molecule has 0 saturated carbocycles. The third-order valence-electron chi connectivity index (χ3n) is 2.30. The molecule has 4 nitrogen and oxygen atoms in total. The number of methoxy groups -OCH3 is 1. The lowest BCUT2D eigenvalue weighted by atomic mass is 10.0. The topological polar surface area (TPSA) is 61.5 Å². The van der Waals surface area contributed by atoms with Crippen molar-refractivity contribution in [1.82, 2.24) is 0 Å². The van der Waals surface area contributed by atoms with Crippen LogP contribution in [0.15, 0.2) is 18.2 Å². The first-order chi connectivity index (χ1) is 8.08. The Morgan fingerprint density at radius 2 is 2.24 bits per heavy atom. The average molecular weight is 241 g/mol. The third kappa shape index (κ3) is 3.71. The lowest BCUT2D eigenvalue weighted by molar-refractivity contribution is -0.143. The summed E-state index contributed by atoms with van der Waals surface area (Å²) < 4.78 is 23.0. The summed E-state index contributed by atoms with van der Waals surface area (Å²) in [6, 6.07) is 3.80. The van der Waals surface area contributed by atoms with Crippen LogP contribution in [0.25, 0.3) is 0 Å². The second-order valence-electron chi connectivity index (χ2n) is 3.51. The molecule has 1 aromatic carbocycles. The normalized spacial score (nSPS) is 12.0. The first-order valence-corrected chi connectivity index (χ1v) is 5.33. The highest BCUT2D eigenvalue weighted by Crippen LogP contribution is 2.22. The number of ether oxygens (including phenoxy) is 2. The Labute approximate surface area is 99.5 Å². The number of carbonyl (C=O) groups is 1. The predicted octanol–water partition coefficient (Wildman–Crippen LogP) is 1.79. The van der Waals surface area contributed by atoms with E-state index in [0.29, 0.717) is 12.2 Å². The van der Waals surface area contributed by atoms with Gasteiger partial charge in [0, 0.05) is 6.04 Å². The fraction of sp³-hybridized carbons (Fsp3) is 0.417. The van der Waals surface area contributed by atoms with Gasteiger partial charge in [-0.15, -0.1) is 0 Å². The van der Waals surface area contributed by atoms with Gasteiger partial charge in [-0.05, 0) is 24.6 Å². The van der Waals surface area contributed by atoms with E-state index in [1.54, 1.807) is 13.0 Å². The smallest absolute Gasteiger partial charge is 0.307 e. The van der Waals surface area contributed by atoms with Crippen molar-refractivity contribution in [2.75, 3.05) is 13.7 Å². The maximum Gasteiger partial charge on any atom is 0.307 e. The van der Waals surface area contributed by atoms with E-state index >= 15 is 0 Å². The summed E-state index contributed by atoms with van der Waals surface area (Å²) in [5.41, 5.74) is 6.32. The van der Waals surface area contributed by atoms with E-state index in [9.17, 15) is 9.18 Å². The van der Waals surface area contributed by atoms with Crippen LogP contribution in [-0.2, 0) is 9.53 Å². The zero-order chi connectivity index (χ0) is 12.8. The highest BCUT2D eigenvalue weighted by atomic mass is 19.1. The molecule has 5 heteroatoms. The number of hydrogen-bond acceptors (Lipinski definition) is 4. The van der Waals surface area contributed by atoms with Gasteiger partial charge in [0.15, 0.2) is 11.6 Å². The van der Waals surface area contributed by atoms with Gasteiger partial charge in [-0.1, -0.05) is 6.07 Å². The molecule has 2 N–H and O–H groups in total. The van der Waals surface area contributed by atoms with Gasteiger partial charge in [0.1, 0.15) is 0 Å². The Hall–Kier alpha value is -1.62. The van der Waals surface area contributed by atoms with Crippen LogP contribution in [0.3, 0.4) is 0 Å². The third-order valence-corrected chi connectivity index (χ3v) is 2.30. The molecule has 0 spiro atoms. The minimum atomic E-state index is -0.575. The SMILES string of the molecule is CCOC(=O)C[C@H](N)c1ccc(OC)c(F)c1. The zero-order valence-corrected chi connectivity index (χ0v) is 9.90. The maximum absolute atomic E-state index is 13.4. The van der Waals surface area contributed by atoms with Crippen LogP contribution < -0.4 is 10.5 Å². The zero-order valence-electron chi connectivity index (χ0n) is 9.90. The molecule has 0 saturated heterocycles. The number of halogens is 1. The Balaban J connectivity index is 2.72. The number of benzene rings is 1. The van der Waals surface area contributed by atoms with E-state index in [0.717, 1.165) is 0 Å². The highest BCUT2D eigenvalue weighted by Gasteiger charge is 2.14. The number of carbonyl (C=O) groups excluding carboxylic acids is 1. The Morgan fingerprint density at radius 1 is 1.53 bits per heavy atom. The van der Waals surface area contributed by atoms with Gasteiger partial charge in [0.05, 0.1) is 20.1 Å².